The van der Waals surface area contributed by atoms with Gasteiger partial charge in [-0.1, -0.05) is 6.07 Å². The van der Waals surface area contributed by atoms with Crippen LogP contribution < -0.4 is 9.64 Å². The summed E-state index contributed by atoms with van der Waals surface area (Å²) < 4.78 is 5.72. The third-order valence-electron chi connectivity index (χ3n) is 3.20. The second kappa shape index (κ2) is 6.01. The van der Waals surface area contributed by atoms with E-state index >= 15 is 0 Å². The molecule has 0 N–H and O–H groups in total. The van der Waals surface area contributed by atoms with Crippen LogP contribution in [0.1, 0.15) is 16.7 Å². The Hall–Kier alpha value is -1.94. The van der Waals surface area contributed by atoms with Gasteiger partial charge in [0, 0.05) is 13.2 Å². The number of thiocarbonyl (C=S) groups is 1. The number of hydrogen-bond acceptors (Lipinski definition) is 3. The van der Waals surface area contributed by atoms with Crippen molar-refractivity contribution in [2.45, 2.75) is 20.8 Å². The summed E-state index contributed by atoms with van der Waals surface area (Å²) in [5, 5.41) is 0.381. The van der Waals surface area contributed by atoms with Crippen LogP contribution in [0.5, 0.6) is 5.75 Å². The molecular weight excluding hydrogens is 268 g/mol. The summed E-state index contributed by atoms with van der Waals surface area (Å²) in [5.74, 6) is 1.52. The number of ether oxygens (including phenoxy) is 1. The molecule has 0 saturated heterocycles. The highest BCUT2D eigenvalue weighted by atomic mass is 32.1. The van der Waals surface area contributed by atoms with E-state index in [4.69, 9.17) is 17.0 Å². The molecule has 0 amide bonds. The van der Waals surface area contributed by atoms with Gasteiger partial charge in [0.05, 0.1) is 0 Å². The van der Waals surface area contributed by atoms with Crippen molar-refractivity contribution in [3.8, 4) is 5.75 Å². The number of rotatable bonds is 2. The average molecular weight is 286 g/mol. The van der Waals surface area contributed by atoms with Gasteiger partial charge in [-0.3, -0.25) is 4.90 Å². The number of hydrogen-bond donors (Lipinski definition) is 0. The SMILES string of the molecule is Cc1ccnc(N(C)C(=S)Oc2ccc(C)c(C)c2)c1. The molecule has 4 heteroatoms. The maximum atomic E-state index is 5.72. The Morgan fingerprint density at radius 2 is 1.85 bits per heavy atom. The largest absolute Gasteiger partial charge is 0.432 e. The number of aryl methyl sites for hydroxylation is 3. The summed E-state index contributed by atoms with van der Waals surface area (Å²) >= 11 is 5.32. The van der Waals surface area contributed by atoms with Gasteiger partial charge in [-0.05, 0) is 73.9 Å². The van der Waals surface area contributed by atoms with E-state index in [1.54, 1.807) is 11.1 Å². The van der Waals surface area contributed by atoms with E-state index in [0.29, 0.717) is 5.17 Å². The fourth-order valence-corrected chi connectivity index (χ4v) is 1.93. The molecule has 2 rings (SSSR count). The number of nitrogens with zero attached hydrogens (tertiary/aromatic N) is 2. The van der Waals surface area contributed by atoms with E-state index in [1.807, 2.05) is 44.3 Å². The fraction of sp³-hybridized carbons (Fsp3) is 0.250. The van der Waals surface area contributed by atoms with Crippen LogP contribution in [0.15, 0.2) is 36.5 Å². The van der Waals surface area contributed by atoms with Gasteiger partial charge in [0.2, 0.25) is 0 Å². The zero-order valence-corrected chi connectivity index (χ0v) is 13.0. The Bertz CT molecular complexity index is 640. The number of aromatic nitrogens is 1. The zero-order valence-electron chi connectivity index (χ0n) is 12.2. The average Bonchev–Trinajstić information content (AvgIpc) is 2.42. The predicted molar refractivity (Wildman–Crippen MR) is 86.5 cm³/mol. The maximum absolute atomic E-state index is 5.72. The summed E-state index contributed by atoms with van der Waals surface area (Å²) in [6.45, 7) is 6.14. The maximum Gasteiger partial charge on any atom is 0.270 e. The fourth-order valence-electron chi connectivity index (χ4n) is 1.74. The number of anilines is 1. The molecule has 0 bridgehead atoms. The predicted octanol–water partition coefficient (Wildman–Crippen LogP) is 3.81. The Balaban J connectivity index is 2.13. The Kier molecular flexibility index (Phi) is 4.35. The molecule has 0 unspecified atom stereocenters. The molecule has 0 saturated carbocycles. The second-order valence-electron chi connectivity index (χ2n) is 4.86. The third kappa shape index (κ3) is 3.33. The topological polar surface area (TPSA) is 25.4 Å². The lowest BCUT2D eigenvalue weighted by Crippen LogP contribution is -2.29. The van der Waals surface area contributed by atoms with Gasteiger partial charge < -0.3 is 4.74 Å². The van der Waals surface area contributed by atoms with Crippen LogP contribution in [0.4, 0.5) is 5.82 Å². The van der Waals surface area contributed by atoms with Gasteiger partial charge in [0.1, 0.15) is 11.6 Å². The number of benzene rings is 1. The third-order valence-corrected chi connectivity index (χ3v) is 3.56. The molecule has 0 fully saturated rings. The van der Waals surface area contributed by atoms with Crippen molar-refractivity contribution in [2.24, 2.45) is 0 Å². The molecule has 0 aliphatic rings. The van der Waals surface area contributed by atoms with Crippen LogP contribution in [0.25, 0.3) is 0 Å². The van der Waals surface area contributed by atoms with Crippen molar-refractivity contribution in [3.05, 3.63) is 53.2 Å². The molecule has 1 aromatic heterocycles. The first-order valence-corrected chi connectivity index (χ1v) is 6.83. The van der Waals surface area contributed by atoms with Crippen LogP contribution in [0.2, 0.25) is 0 Å². The molecule has 0 aliphatic heterocycles. The van der Waals surface area contributed by atoms with E-state index in [9.17, 15) is 0 Å². The van der Waals surface area contributed by atoms with Crippen molar-refractivity contribution in [1.82, 2.24) is 4.98 Å². The van der Waals surface area contributed by atoms with Gasteiger partial charge in [-0.2, -0.15) is 0 Å². The smallest absolute Gasteiger partial charge is 0.270 e. The molecule has 0 radical (unpaired) electrons. The normalized spacial score (nSPS) is 10.2. The molecule has 0 aliphatic carbocycles. The highest BCUT2D eigenvalue weighted by Crippen LogP contribution is 2.18. The van der Waals surface area contributed by atoms with Crippen molar-refractivity contribution < 1.29 is 4.74 Å². The second-order valence-corrected chi connectivity index (χ2v) is 5.21. The quantitative estimate of drug-likeness (QED) is 0.784. The summed E-state index contributed by atoms with van der Waals surface area (Å²) in [7, 11) is 1.85. The molecule has 20 heavy (non-hydrogen) atoms. The molecule has 1 heterocycles. The van der Waals surface area contributed by atoms with Crippen LogP contribution in [-0.4, -0.2) is 17.2 Å². The first kappa shape index (κ1) is 14.5. The first-order valence-electron chi connectivity index (χ1n) is 6.43. The van der Waals surface area contributed by atoms with Crippen molar-refractivity contribution in [1.29, 1.82) is 0 Å². The Morgan fingerprint density at radius 3 is 2.50 bits per heavy atom. The summed E-state index contributed by atoms with van der Waals surface area (Å²) in [4.78, 5) is 6.05. The van der Waals surface area contributed by atoms with Gasteiger partial charge >= 0.3 is 0 Å². The highest BCUT2D eigenvalue weighted by Gasteiger charge is 2.11. The lowest BCUT2D eigenvalue weighted by Gasteiger charge is -2.19. The van der Waals surface area contributed by atoms with Crippen LogP contribution >= 0.6 is 12.2 Å². The lowest BCUT2D eigenvalue weighted by atomic mass is 10.1. The molecule has 2 aromatic rings. The Labute approximate surface area is 125 Å². The van der Waals surface area contributed by atoms with Crippen molar-refractivity contribution in [2.75, 3.05) is 11.9 Å². The monoisotopic (exact) mass is 286 g/mol. The van der Waals surface area contributed by atoms with Gasteiger partial charge in [0.15, 0.2) is 0 Å². The molecule has 0 spiro atoms. The van der Waals surface area contributed by atoms with E-state index in [1.165, 1.54) is 11.1 Å². The minimum atomic E-state index is 0.381. The Morgan fingerprint density at radius 1 is 1.10 bits per heavy atom. The van der Waals surface area contributed by atoms with Crippen molar-refractivity contribution >= 4 is 23.2 Å². The lowest BCUT2D eigenvalue weighted by molar-refractivity contribution is 0.550. The summed E-state index contributed by atoms with van der Waals surface area (Å²) in [6, 6.07) is 9.85. The first-order chi connectivity index (χ1) is 9.47. The molecular formula is C16H18N2OS. The van der Waals surface area contributed by atoms with E-state index in [0.717, 1.165) is 17.1 Å². The molecule has 0 atom stereocenters. The van der Waals surface area contributed by atoms with E-state index in [2.05, 4.69) is 18.8 Å². The van der Waals surface area contributed by atoms with Gasteiger partial charge in [-0.25, -0.2) is 4.98 Å². The van der Waals surface area contributed by atoms with Crippen molar-refractivity contribution in [3.63, 3.8) is 0 Å². The van der Waals surface area contributed by atoms with E-state index < -0.39 is 0 Å². The summed E-state index contributed by atoms with van der Waals surface area (Å²) in [6.07, 6.45) is 1.76. The van der Waals surface area contributed by atoms with Crippen LogP contribution in [0, 0.1) is 20.8 Å². The molecule has 1 aromatic carbocycles. The van der Waals surface area contributed by atoms with Crippen LogP contribution in [0.3, 0.4) is 0 Å². The molecule has 3 nitrogen and oxygen atoms in total. The minimum absolute atomic E-state index is 0.381. The number of pyridine rings is 1. The summed E-state index contributed by atoms with van der Waals surface area (Å²) in [5.41, 5.74) is 3.55. The zero-order chi connectivity index (χ0) is 14.7. The minimum Gasteiger partial charge on any atom is -0.432 e. The van der Waals surface area contributed by atoms with Crippen LogP contribution in [-0.2, 0) is 0 Å². The molecule has 104 valence electrons. The van der Waals surface area contributed by atoms with Gasteiger partial charge in [0.25, 0.3) is 5.17 Å². The van der Waals surface area contributed by atoms with Gasteiger partial charge in [-0.15, -0.1) is 0 Å². The van der Waals surface area contributed by atoms with E-state index in [-0.39, 0.29) is 0 Å². The highest BCUT2D eigenvalue weighted by molar-refractivity contribution is 7.80. The standard InChI is InChI=1S/C16H18N2OS/c1-11-7-8-17-15(9-11)18(4)16(20)19-14-6-5-12(2)13(3)10-14/h5-10H,1-4H3.